The molecule has 0 aliphatic carbocycles. The molecule has 1 heterocycles. The lowest BCUT2D eigenvalue weighted by Gasteiger charge is -2.23. The molecule has 28 heavy (non-hydrogen) atoms. The molecule has 0 bridgehead atoms. The van der Waals surface area contributed by atoms with Gasteiger partial charge in [-0.15, -0.1) is 0 Å². The third kappa shape index (κ3) is 4.74. The van der Waals surface area contributed by atoms with E-state index in [1.165, 1.54) is 41.3 Å². The van der Waals surface area contributed by atoms with Gasteiger partial charge in [-0.2, -0.15) is 0 Å². The van der Waals surface area contributed by atoms with Crippen molar-refractivity contribution >= 4 is 27.8 Å². The molecular weight excluding hydrogens is 436 g/mol. The van der Waals surface area contributed by atoms with Crippen molar-refractivity contribution < 1.29 is 28.2 Å². The molecule has 2 aromatic carbocycles. The van der Waals surface area contributed by atoms with Crippen molar-refractivity contribution in [2.45, 2.75) is 31.6 Å². The molecule has 5 nitrogen and oxygen atoms in total. The van der Waals surface area contributed by atoms with E-state index in [2.05, 4.69) is 15.9 Å². The Labute approximate surface area is 169 Å². The fraction of sp³-hybridized carbons (Fsp3) is 0.300. The number of carbonyl (C=O) groups excluding carboxylic acids is 2. The van der Waals surface area contributed by atoms with Crippen LogP contribution in [0.2, 0.25) is 0 Å². The van der Waals surface area contributed by atoms with E-state index in [9.17, 15) is 23.5 Å². The number of amides is 1. The lowest BCUT2D eigenvalue weighted by Crippen LogP contribution is -2.42. The molecule has 1 N–H and O–H groups in total. The molecule has 1 saturated heterocycles. The van der Waals surface area contributed by atoms with E-state index >= 15 is 0 Å². The number of ether oxygens (including phenoxy) is 1. The van der Waals surface area contributed by atoms with Gasteiger partial charge in [0.25, 0.3) is 0 Å². The summed E-state index contributed by atoms with van der Waals surface area (Å²) in [4.78, 5) is 26.3. The number of halogens is 3. The average molecular weight is 454 g/mol. The van der Waals surface area contributed by atoms with Crippen LogP contribution in [-0.4, -0.2) is 40.6 Å². The summed E-state index contributed by atoms with van der Waals surface area (Å²) >= 11 is 3.20. The number of esters is 1. The second-order valence-electron chi connectivity index (χ2n) is 6.56. The van der Waals surface area contributed by atoms with Gasteiger partial charge in [0.1, 0.15) is 24.3 Å². The van der Waals surface area contributed by atoms with E-state index in [1.54, 1.807) is 6.07 Å². The highest BCUT2D eigenvalue weighted by Gasteiger charge is 2.40. The Morgan fingerprint density at radius 1 is 1.18 bits per heavy atom. The molecule has 2 atom stereocenters. The molecule has 3 rings (SSSR count). The first-order valence-electron chi connectivity index (χ1n) is 8.66. The van der Waals surface area contributed by atoms with Gasteiger partial charge in [0.05, 0.1) is 12.5 Å². The van der Waals surface area contributed by atoms with E-state index in [1.807, 2.05) is 0 Å². The molecule has 0 radical (unpaired) electrons. The lowest BCUT2D eigenvalue weighted by molar-refractivity contribution is -0.154. The number of carbonyl (C=O) groups is 2. The Balaban J connectivity index is 1.66. The Kier molecular flexibility index (Phi) is 6.41. The third-order valence-corrected chi connectivity index (χ3v) is 5.29. The van der Waals surface area contributed by atoms with Gasteiger partial charge in [0.2, 0.25) is 5.91 Å². The van der Waals surface area contributed by atoms with Crippen LogP contribution in [0.1, 0.15) is 17.5 Å². The fourth-order valence-corrected chi connectivity index (χ4v) is 3.57. The second-order valence-corrected chi connectivity index (χ2v) is 7.42. The smallest absolute Gasteiger partial charge is 0.329 e. The summed E-state index contributed by atoms with van der Waals surface area (Å²) in [5.41, 5.74) is 0.786. The minimum atomic E-state index is -0.950. The number of likely N-dealkylation sites (tertiary alicyclic amines) is 1. The largest absolute Gasteiger partial charge is 0.459 e. The molecule has 1 aliphatic rings. The normalized spacial score (nSPS) is 18.9. The number of hydrogen-bond acceptors (Lipinski definition) is 4. The standard InChI is InChI=1S/C20H18BrF2NO4/c21-16-8-14(22)6-5-13(16)11-28-20(27)18-9-15(25)10-24(18)19(26)7-12-3-1-2-4-17(12)23/h1-6,8,15,18,25H,7,9-11H2. The Hall–Kier alpha value is -2.32. The average Bonchev–Trinajstić information content (AvgIpc) is 3.05. The lowest BCUT2D eigenvalue weighted by atomic mass is 10.1. The van der Waals surface area contributed by atoms with Gasteiger partial charge in [0, 0.05) is 23.0 Å². The molecule has 1 fully saturated rings. The van der Waals surface area contributed by atoms with Crippen molar-refractivity contribution in [2.24, 2.45) is 0 Å². The SMILES string of the molecule is O=C(OCc1ccc(F)cc1Br)C1CC(O)CN1C(=O)Cc1ccccc1F. The van der Waals surface area contributed by atoms with Gasteiger partial charge >= 0.3 is 5.97 Å². The predicted octanol–water partition coefficient (Wildman–Crippen LogP) is 2.98. The quantitative estimate of drug-likeness (QED) is 0.706. The molecule has 0 spiro atoms. The predicted molar refractivity (Wildman–Crippen MR) is 100 cm³/mol. The molecule has 148 valence electrons. The van der Waals surface area contributed by atoms with Crippen LogP contribution in [0.3, 0.4) is 0 Å². The molecule has 1 amide bonds. The molecule has 0 aromatic heterocycles. The molecule has 8 heteroatoms. The minimum absolute atomic E-state index is 0.0205. The third-order valence-electron chi connectivity index (χ3n) is 4.56. The van der Waals surface area contributed by atoms with Crippen LogP contribution in [0.4, 0.5) is 8.78 Å². The van der Waals surface area contributed by atoms with E-state index < -0.39 is 35.7 Å². The zero-order valence-corrected chi connectivity index (χ0v) is 16.4. The van der Waals surface area contributed by atoms with Gasteiger partial charge in [0.15, 0.2) is 0 Å². The molecule has 0 saturated carbocycles. The maximum Gasteiger partial charge on any atom is 0.329 e. The first kappa shape index (κ1) is 20.4. The summed E-state index contributed by atoms with van der Waals surface area (Å²) < 4.78 is 32.7. The summed E-state index contributed by atoms with van der Waals surface area (Å²) in [6.45, 7) is -0.130. The summed E-state index contributed by atoms with van der Waals surface area (Å²) in [6, 6.07) is 8.94. The van der Waals surface area contributed by atoms with Crippen molar-refractivity contribution in [3.8, 4) is 0 Å². The van der Waals surface area contributed by atoms with Crippen LogP contribution in [0.15, 0.2) is 46.9 Å². The van der Waals surface area contributed by atoms with Crippen LogP contribution in [0.5, 0.6) is 0 Å². The minimum Gasteiger partial charge on any atom is -0.459 e. The number of benzene rings is 2. The first-order chi connectivity index (χ1) is 13.3. The highest BCUT2D eigenvalue weighted by molar-refractivity contribution is 9.10. The molecular formula is C20H18BrF2NO4. The fourth-order valence-electron chi connectivity index (χ4n) is 3.10. The summed E-state index contributed by atoms with van der Waals surface area (Å²) in [7, 11) is 0. The van der Waals surface area contributed by atoms with Crippen LogP contribution in [0, 0.1) is 11.6 Å². The number of aliphatic hydroxyl groups is 1. The van der Waals surface area contributed by atoms with Crippen molar-refractivity contribution in [2.75, 3.05) is 6.54 Å². The Morgan fingerprint density at radius 3 is 2.64 bits per heavy atom. The van der Waals surface area contributed by atoms with Crippen molar-refractivity contribution in [3.05, 3.63) is 69.7 Å². The Morgan fingerprint density at radius 2 is 1.93 bits per heavy atom. The van der Waals surface area contributed by atoms with Crippen molar-refractivity contribution in [1.29, 1.82) is 0 Å². The van der Waals surface area contributed by atoms with Crippen LogP contribution < -0.4 is 0 Å². The Bertz CT molecular complexity index is 892. The first-order valence-corrected chi connectivity index (χ1v) is 9.46. The monoisotopic (exact) mass is 453 g/mol. The van der Waals surface area contributed by atoms with Gasteiger partial charge in [-0.1, -0.05) is 40.2 Å². The summed E-state index contributed by atoms with van der Waals surface area (Å²) in [6.07, 6.45) is -1.03. The maximum atomic E-state index is 13.8. The zero-order chi connectivity index (χ0) is 20.3. The highest BCUT2D eigenvalue weighted by Crippen LogP contribution is 2.23. The number of β-amino-alcohol motifs (C(OH)–C–C–N with tert-alkyl or cyclic N) is 1. The van der Waals surface area contributed by atoms with E-state index in [4.69, 9.17) is 4.74 Å². The molecule has 2 aromatic rings. The second kappa shape index (κ2) is 8.79. The zero-order valence-electron chi connectivity index (χ0n) is 14.8. The van der Waals surface area contributed by atoms with Crippen LogP contribution >= 0.6 is 15.9 Å². The number of rotatable bonds is 5. The van der Waals surface area contributed by atoms with E-state index in [0.717, 1.165) is 0 Å². The van der Waals surface area contributed by atoms with Gasteiger partial charge in [-0.25, -0.2) is 13.6 Å². The van der Waals surface area contributed by atoms with Gasteiger partial charge in [-0.3, -0.25) is 4.79 Å². The summed E-state index contributed by atoms with van der Waals surface area (Å²) in [5, 5.41) is 9.92. The maximum absolute atomic E-state index is 13.8. The van der Waals surface area contributed by atoms with Gasteiger partial charge in [-0.05, 0) is 23.8 Å². The number of nitrogens with zero attached hydrogens (tertiary/aromatic N) is 1. The van der Waals surface area contributed by atoms with Crippen molar-refractivity contribution in [3.63, 3.8) is 0 Å². The summed E-state index contributed by atoms with van der Waals surface area (Å²) in [5.74, 6) is -2.07. The molecule has 2 unspecified atom stereocenters. The van der Waals surface area contributed by atoms with E-state index in [0.29, 0.717) is 10.0 Å². The number of hydrogen-bond donors (Lipinski definition) is 1. The van der Waals surface area contributed by atoms with Crippen molar-refractivity contribution in [1.82, 2.24) is 4.90 Å². The van der Waals surface area contributed by atoms with E-state index in [-0.39, 0.29) is 31.6 Å². The van der Waals surface area contributed by atoms with Gasteiger partial charge < -0.3 is 14.7 Å². The number of aliphatic hydroxyl groups excluding tert-OH is 1. The van der Waals surface area contributed by atoms with Crippen LogP contribution in [-0.2, 0) is 27.4 Å². The molecule has 1 aliphatic heterocycles. The van der Waals surface area contributed by atoms with Crippen LogP contribution in [0.25, 0.3) is 0 Å². The topological polar surface area (TPSA) is 66.8 Å². The highest BCUT2D eigenvalue weighted by atomic mass is 79.9.